The molecule has 0 aliphatic heterocycles. The molecule has 0 bridgehead atoms. The highest BCUT2D eigenvalue weighted by atomic mass is 79.9. The molecule has 0 radical (unpaired) electrons. The van der Waals surface area contributed by atoms with Crippen molar-refractivity contribution in [2.75, 3.05) is 11.3 Å². The molecule has 0 fully saturated rings. The number of aromatic hydroxyl groups is 1. The Balaban J connectivity index is 2.18. The van der Waals surface area contributed by atoms with Gasteiger partial charge in [0.25, 0.3) is 5.95 Å². The van der Waals surface area contributed by atoms with Crippen LogP contribution in [0.3, 0.4) is 0 Å². The van der Waals surface area contributed by atoms with Crippen LogP contribution in [0.25, 0.3) is 0 Å². The summed E-state index contributed by atoms with van der Waals surface area (Å²) < 4.78 is 2.66. The molecule has 4 N–H and O–H groups in total. The van der Waals surface area contributed by atoms with Crippen LogP contribution in [0.4, 0.5) is 5.95 Å². The number of aryl methyl sites for hydroxylation is 1. The van der Waals surface area contributed by atoms with Crippen molar-refractivity contribution in [3.63, 3.8) is 0 Å². The van der Waals surface area contributed by atoms with Crippen LogP contribution in [0, 0.1) is 6.92 Å². The molecule has 2 rings (SSSR count). The zero-order chi connectivity index (χ0) is 14.0. The molecular formula is C10H10Br2N6O. The van der Waals surface area contributed by atoms with Crippen LogP contribution in [0.1, 0.15) is 11.4 Å². The SMILES string of the molecule is Cc1nnc(N/N=C/c2cc(Br)cc(Br)c2O)n1N. The summed E-state index contributed by atoms with van der Waals surface area (Å²) >= 11 is 6.57. The predicted octanol–water partition coefficient (Wildman–Crippen LogP) is 1.98. The average molecular weight is 390 g/mol. The molecule has 1 aromatic heterocycles. The fourth-order valence-electron chi connectivity index (χ4n) is 1.29. The van der Waals surface area contributed by atoms with Gasteiger partial charge in [-0.05, 0) is 35.0 Å². The quantitative estimate of drug-likeness (QED) is 0.423. The highest BCUT2D eigenvalue weighted by Crippen LogP contribution is 2.30. The first-order chi connectivity index (χ1) is 8.99. The number of nitrogens with one attached hydrogen (secondary N) is 1. The summed E-state index contributed by atoms with van der Waals surface area (Å²) in [5, 5.41) is 21.3. The van der Waals surface area contributed by atoms with Gasteiger partial charge < -0.3 is 10.9 Å². The van der Waals surface area contributed by atoms with Gasteiger partial charge in [0, 0.05) is 10.0 Å². The van der Waals surface area contributed by atoms with Crippen LogP contribution in [0.5, 0.6) is 5.75 Å². The summed E-state index contributed by atoms with van der Waals surface area (Å²) in [6, 6.07) is 3.46. The Morgan fingerprint density at radius 3 is 2.79 bits per heavy atom. The van der Waals surface area contributed by atoms with Gasteiger partial charge >= 0.3 is 0 Å². The van der Waals surface area contributed by atoms with E-state index in [-0.39, 0.29) is 5.75 Å². The van der Waals surface area contributed by atoms with Gasteiger partial charge in [-0.2, -0.15) is 5.10 Å². The van der Waals surface area contributed by atoms with Crippen molar-refractivity contribution in [3.05, 3.63) is 32.5 Å². The van der Waals surface area contributed by atoms with E-state index in [1.54, 1.807) is 19.1 Å². The Hall–Kier alpha value is -1.61. The normalized spacial score (nSPS) is 11.1. The number of anilines is 1. The van der Waals surface area contributed by atoms with Crippen molar-refractivity contribution < 1.29 is 5.11 Å². The van der Waals surface area contributed by atoms with Crippen LogP contribution in [0.2, 0.25) is 0 Å². The summed E-state index contributed by atoms with van der Waals surface area (Å²) in [6.07, 6.45) is 1.45. The van der Waals surface area contributed by atoms with Gasteiger partial charge in [0.2, 0.25) is 0 Å². The van der Waals surface area contributed by atoms with Crippen LogP contribution >= 0.6 is 31.9 Å². The molecule has 1 aromatic carbocycles. The molecule has 19 heavy (non-hydrogen) atoms. The second kappa shape index (κ2) is 5.57. The van der Waals surface area contributed by atoms with Crippen LogP contribution in [-0.4, -0.2) is 26.2 Å². The van der Waals surface area contributed by atoms with Gasteiger partial charge in [0.15, 0.2) is 5.82 Å². The zero-order valence-electron chi connectivity index (χ0n) is 9.80. The largest absolute Gasteiger partial charge is 0.506 e. The number of hydrazone groups is 1. The van der Waals surface area contributed by atoms with Gasteiger partial charge in [-0.3, -0.25) is 0 Å². The van der Waals surface area contributed by atoms with Gasteiger partial charge in [0.1, 0.15) is 5.75 Å². The molecule has 0 amide bonds. The summed E-state index contributed by atoms with van der Waals surface area (Å²) in [6.45, 7) is 1.72. The number of hydrogen-bond donors (Lipinski definition) is 3. The molecule has 0 unspecified atom stereocenters. The number of nitrogen functional groups attached to an aromatic ring is 1. The molecular weight excluding hydrogens is 380 g/mol. The lowest BCUT2D eigenvalue weighted by Crippen LogP contribution is -2.13. The number of phenolic OH excluding ortho intramolecular Hbond substituents is 1. The first kappa shape index (κ1) is 13.8. The Morgan fingerprint density at radius 1 is 1.42 bits per heavy atom. The molecule has 2 aromatic rings. The van der Waals surface area contributed by atoms with E-state index in [0.29, 0.717) is 21.8 Å². The van der Waals surface area contributed by atoms with E-state index < -0.39 is 0 Å². The average Bonchev–Trinajstić information content (AvgIpc) is 2.67. The van der Waals surface area contributed by atoms with Crippen molar-refractivity contribution in [2.45, 2.75) is 6.92 Å². The van der Waals surface area contributed by atoms with Crippen molar-refractivity contribution in [3.8, 4) is 5.75 Å². The van der Waals surface area contributed by atoms with E-state index in [2.05, 4.69) is 52.6 Å². The third kappa shape index (κ3) is 3.04. The van der Waals surface area contributed by atoms with E-state index >= 15 is 0 Å². The maximum absolute atomic E-state index is 9.83. The zero-order valence-corrected chi connectivity index (χ0v) is 13.0. The number of nitrogens with zero attached hydrogens (tertiary/aromatic N) is 4. The Labute approximate surface area is 125 Å². The highest BCUT2D eigenvalue weighted by molar-refractivity contribution is 9.11. The van der Waals surface area contributed by atoms with Gasteiger partial charge in [-0.15, -0.1) is 10.2 Å². The number of benzene rings is 1. The molecule has 0 spiro atoms. The molecule has 0 aliphatic rings. The number of rotatable bonds is 3. The summed E-state index contributed by atoms with van der Waals surface area (Å²) in [5.41, 5.74) is 3.18. The second-order valence-corrected chi connectivity index (χ2v) is 5.41. The maximum Gasteiger partial charge on any atom is 0.263 e. The lowest BCUT2D eigenvalue weighted by atomic mass is 10.2. The molecule has 7 nitrogen and oxygen atoms in total. The molecule has 1 heterocycles. The number of nitrogens with two attached hydrogens (primary N) is 1. The van der Waals surface area contributed by atoms with Crippen molar-refractivity contribution in [1.29, 1.82) is 0 Å². The van der Waals surface area contributed by atoms with Crippen LogP contribution in [0.15, 0.2) is 26.2 Å². The predicted molar refractivity (Wildman–Crippen MR) is 79.6 cm³/mol. The smallest absolute Gasteiger partial charge is 0.263 e. The Morgan fingerprint density at radius 2 is 2.16 bits per heavy atom. The Kier molecular flexibility index (Phi) is 4.05. The van der Waals surface area contributed by atoms with Gasteiger partial charge in [0.05, 0.1) is 10.7 Å². The van der Waals surface area contributed by atoms with Crippen LogP contribution < -0.4 is 11.3 Å². The topological polar surface area (TPSA) is 101 Å². The van der Waals surface area contributed by atoms with E-state index in [0.717, 1.165) is 4.47 Å². The van der Waals surface area contributed by atoms with Gasteiger partial charge in [-0.25, -0.2) is 10.1 Å². The third-order valence-electron chi connectivity index (χ3n) is 2.29. The maximum atomic E-state index is 9.83. The second-order valence-electron chi connectivity index (χ2n) is 3.64. The third-order valence-corrected chi connectivity index (χ3v) is 3.35. The molecule has 0 aliphatic carbocycles. The molecule has 0 atom stereocenters. The van der Waals surface area contributed by atoms with E-state index in [9.17, 15) is 5.11 Å². The summed E-state index contributed by atoms with van der Waals surface area (Å²) in [5.74, 6) is 6.62. The lowest BCUT2D eigenvalue weighted by molar-refractivity contribution is 0.471. The first-order valence-corrected chi connectivity index (χ1v) is 6.72. The van der Waals surface area contributed by atoms with Gasteiger partial charge in [-0.1, -0.05) is 15.9 Å². The Bertz CT molecular complexity index is 639. The number of hydrogen-bond acceptors (Lipinski definition) is 6. The molecule has 0 saturated heterocycles. The van der Waals surface area contributed by atoms with Crippen molar-refractivity contribution >= 4 is 44.0 Å². The minimum absolute atomic E-state index is 0.0964. The minimum atomic E-state index is 0.0964. The monoisotopic (exact) mass is 388 g/mol. The summed E-state index contributed by atoms with van der Waals surface area (Å²) in [4.78, 5) is 0. The fourth-order valence-corrected chi connectivity index (χ4v) is 2.55. The number of halogens is 2. The lowest BCUT2D eigenvalue weighted by Gasteiger charge is -2.03. The first-order valence-electron chi connectivity index (χ1n) is 5.13. The van der Waals surface area contributed by atoms with E-state index in [4.69, 9.17) is 5.84 Å². The van der Waals surface area contributed by atoms with E-state index in [1.807, 2.05) is 0 Å². The fraction of sp³-hybridized carbons (Fsp3) is 0.100. The molecule has 100 valence electrons. The van der Waals surface area contributed by atoms with E-state index in [1.165, 1.54) is 10.9 Å². The highest BCUT2D eigenvalue weighted by Gasteiger charge is 2.06. The van der Waals surface area contributed by atoms with Crippen molar-refractivity contribution in [1.82, 2.24) is 14.9 Å². The standard InChI is InChI=1S/C10H10Br2N6O/c1-5-15-17-10(18(5)13)16-14-4-6-2-7(11)3-8(12)9(6)19/h2-4,19H,13H2,1H3,(H,16,17)/b14-4+. The van der Waals surface area contributed by atoms with Crippen molar-refractivity contribution in [2.24, 2.45) is 5.10 Å². The van der Waals surface area contributed by atoms with Crippen LogP contribution in [-0.2, 0) is 0 Å². The number of phenols is 1. The number of aromatic nitrogens is 3. The molecule has 0 saturated carbocycles. The summed E-state index contributed by atoms with van der Waals surface area (Å²) in [7, 11) is 0. The molecule has 9 heteroatoms. The minimum Gasteiger partial charge on any atom is -0.506 e.